The number of rotatable bonds is 4. The fourth-order valence-corrected chi connectivity index (χ4v) is 7.74. The molecule has 4 heteroatoms. The summed E-state index contributed by atoms with van der Waals surface area (Å²) in [5, 5.41) is 0.841. The molecule has 0 bridgehead atoms. The van der Waals surface area contributed by atoms with Crippen molar-refractivity contribution < 1.29 is 12.4 Å². The van der Waals surface area contributed by atoms with E-state index in [0.29, 0.717) is 10.9 Å². The summed E-state index contributed by atoms with van der Waals surface area (Å²) >= 11 is 2.07. The van der Waals surface area contributed by atoms with E-state index in [1.165, 1.54) is 71.8 Å². The van der Waals surface area contributed by atoms with E-state index in [4.69, 9.17) is 0 Å². The summed E-state index contributed by atoms with van der Waals surface area (Å²) in [7, 11) is 0.677. The zero-order chi connectivity index (χ0) is 21.6. The van der Waals surface area contributed by atoms with Crippen LogP contribution >= 0.6 is 24.2 Å². The molecular formula is C28H42Cl2S2. The molecule has 32 heavy (non-hydrogen) atoms. The summed E-state index contributed by atoms with van der Waals surface area (Å²) < 4.78 is 0. The first-order valence-electron chi connectivity index (χ1n) is 11.6. The molecular weight excluding hydrogens is 471 g/mol. The molecule has 2 aromatic carbocycles. The predicted molar refractivity (Wildman–Crippen MR) is 150 cm³/mol. The largest absolute Gasteiger partial charge is 1.00 e. The molecule has 0 nitrogen and oxygen atoms in total. The average Bonchev–Trinajstić information content (AvgIpc) is 3.49. The van der Waals surface area contributed by atoms with Gasteiger partial charge in [0.05, 0.1) is 0 Å². The van der Waals surface area contributed by atoms with Gasteiger partial charge < -0.3 is 12.4 Å². The van der Waals surface area contributed by atoms with Gasteiger partial charge in [-0.25, -0.2) is 0 Å². The van der Waals surface area contributed by atoms with Gasteiger partial charge >= 0.3 is 0 Å². The Morgan fingerprint density at radius 3 is 1.75 bits per heavy atom. The Kier molecular flexibility index (Phi) is 18.5. The third kappa shape index (κ3) is 12.1. The van der Waals surface area contributed by atoms with Crippen molar-refractivity contribution in [1.29, 1.82) is 0 Å². The smallest absolute Gasteiger partial charge is 0.143 e. The Labute approximate surface area is 217 Å². The quantitative estimate of drug-likeness (QED) is 0.464. The van der Waals surface area contributed by atoms with Gasteiger partial charge in [0.25, 0.3) is 0 Å². The molecule has 2 aliphatic rings. The maximum absolute atomic E-state index is 2.34. The van der Waals surface area contributed by atoms with Crippen molar-refractivity contribution in [1.82, 2.24) is 0 Å². The third-order valence-electron chi connectivity index (χ3n) is 5.55. The van der Waals surface area contributed by atoms with Gasteiger partial charge in [-0.15, -0.1) is 12.4 Å². The van der Waals surface area contributed by atoms with Crippen LogP contribution in [0.3, 0.4) is 0 Å². The SMILES string of the molecule is C/C=C/c1ccc(C)cc1.C1CCSC1.CCC(c1ccc(C)cc1)[S+]1CCCC1.Cl.[Cl-]. The molecule has 2 aromatic rings. The maximum atomic E-state index is 2.34. The van der Waals surface area contributed by atoms with E-state index < -0.39 is 0 Å². The first-order valence-corrected chi connectivity index (χ1v) is 14.4. The van der Waals surface area contributed by atoms with Crippen molar-refractivity contribution in [2.45, 2.75) is 65.0 Å². The number of aryl methyl sites for hydroxylation is 2. The molecule has 180 valence electrons. The minimum absolute atomic E-state index is 0. The summed E-state index contributed by atoms with van der Waals surface area (Å²) in [6.07, 6.45) is 11.3. The molecule has 0 aromatic heterocycles. The Hall–Kier alpha value is -0.540. The highest BCUT2D eigenvalue weighted by molar-refractivity contribution is 7.99. The second kappa shape index (κ2) is 18.8. The van der Waals surface area contributed by atoms with Crippen LogP contribution in [0.25, 0.3) is 6.08 Å². The number of thioether (sulfide) groups is 1. The van der Waals surface area contributed by atoms with Crippen molar-refractivity contribution in [2.75, 3.05) is 23.0 Å². The van der Waals surface area contributed by atoms with Gasteiger partial charge in [0, 0.05) is 5.56 Å². The van der Waals surface area contributed by atoms with Crippen LogP contribution in [-0.4, -0.2) is 23.0 Å². The lowest BCUT2D eigenvalue weighted by molar-refractivity contribution is -0.00000648. The monoisotopic (exact) mass is 512 g/mol. The van der Waals surface area contributed by atoms with Crippen LogP contribution in [0.4, 0.5) is 0 Å². The second-order valence-corrected chi connectivity index (χ2v) is 11.9. The van der Waals surface area contributed by atoms with Gasteiger partial charge in [0.15, 0.2) is 0 Å². The normalized spacial score (nSPS) is 16.1. The third-order valence-corrected chi connectivity index (χ3v) is 9.74. The van der Waals surface area contributed by atoms with Gasteiger partial charge in [0.2, 0.25) is 0 Å². The highest BCUT2D eigenvalue weighted by atomic mass is 35.5. The van der Waals surface area contributed by atoms with Crippen LogP contribution in [0.1, 0.15) is 73.5 Å². The molecule has 0 aliphatic carbocycles. The van der Waals surface area contributed by atoms with E-state index in [9.17, 15) is 0 Å². The first-order chi connectivity index (χ1) is 14.6. The molecule has 2 fully saturated rings. The molecule has 0 radical (unpaired) electrons. The molecule has 1 unspecified atom stereocenters. The van der Waals surface area contributed by atoms with Crippen LogP contribution in [0.2, 0.25) is 0 Å². The van der Waals surface area contributed by atoms with Crippen LogP contribution in [-0.2, 0) is 10.9 Å². The Balaban J connectivity index is 0.000000490. The summed E-state index contributed by atoms with van der Waals surface area (Å²) in [6.45, 7) is 8.64. The second-order valence-electron chi connectivity index (χ2n) is 8.19. The average molecular weight is 514 g/mol. The molecule has 2 heterocycles. The van der Waals surface area contributed by atoms with Crippen LogP contribution < -0.4 is 12.4 Å². The highest BCUT2D eigenvalue weighted by Crippen LogP contribution is 2.33. The number of allylic oxidation sites excluding steroid dienone is 1. The summed E-state index contributed by atoms with van der Waals surface area (Å²) in [6, 6.07) is 17.7. The number of hydrogen-bond donors (Lipinski definition) is 0. The van der Waals surface area contributed by atoms with Gasteiger partial charge in [-0.3, -0.25) is 0 Å². The minimum atomic E-state index is 0. The minimum Gasteiger partial charge on any atom is -1.00 e. The van der Waals surface area contributed by atoms with Gasteiger partial charge in [-0.05, 0) is 80.8 Å². The van der Waals surface area contributed by atoms with E-state index in [0.717, 1.165) is 5.25 Å². The molecule has 0 spiro atoms. The van der Waals surface area contributed by atoms with Crippen LogP contribution in [0.5, 0.6) is 0 Å². The van der Waals surface area contributed by atoms with E-state index in [-0.39, 0.29) is 24.8 Å². The fraction of sp³-hybridized carbons (Fsp3) is 0.500. The number of hydrogen-bond acceptors (Lipinski definition) is 1. The molecule has 0 amide bonds. The molecule has 2 saturated heterocycles. The van der Waals surface area contributed by atoms with Gasteiger partial charge in [-0.1, -0.05) is 78.7 Å². The summed E-state index contributed by atoms with van der Waals surface area (Å²) in [5.74, 6) is 5.79. The maximum Gasteiger partial charge on any atom is 0.143 e. The number of halogens is 2. The summed E-state index contributed by atoms with van der Waals surface area (Å²) in [5.41, 5.74) is 5.54. The Morgan fingerprint density at radius 2 is 1.34 bits per heavy atom. The standard InChI is InChI=1S/C14H21S.C10H12.C4H8S.2ClH/c1-3-14(15-10-4-5-11-15)13-8-6-12(2)7-9-13;1-3-4-10-7-5-9(2)6-8-10;1-2-4-5-3-1;;/h6-9,14H,3-5,10-11H2,1-2H3;3-8H,1-2H3;1-4H2;2*1H/q+1;;;;/p-1/b;4-3+;;;. The Morgan fingerprint density at radius 1 is 0.844 bits per heavy atom. The van der Waals surface area contributed by atoms with E-state index >= 15 is 0 Å². The summed E-state index contributed by atoms with van der Waals surface area (Å²) in [4.78, 5) is 0. The Bertz CT molecular complexity index is 708. The molecule has 4 rings (SSSR count). The molecule has 0 N–H and O–H groups in total. The topological polar surface area (TPSA) is 0 Å². The molecule has 0 saturated carbocycles. The van der Waals surface area contributed by atoms with Crippen molar-refractivity contribution >= 4 is 41.1 Å². The van der Waals surface area contributed by atoms with Gasteiger partial charge in [-0.2, -0.15) is 11.8 Å². The predicted octanol–water partition coefficient (Wildman–Crippen LogP) is 5.83. The first kappa shape index (κ1) is 31.5. The molecule has 1 atom stereocenters. The fourth-order valence-electron chi connectivity index (χ4n) is 3.79. The van der Waals surface area contributed by atoms with Crippen LogP contribution in [0, 0.1) is 13.8 Å². The zero-order valence-electron chi connectivity index (χ0n) is 20.3. The zero-order valence-corrected chi connectivity index (χ0v) is 23.5. The molecule has 2 aliphatic heterocycles. The lowest BCUT2D eigenvalue weighted by Gasteiger charge is -2.14. The highest BCUT2D eigenvalue weighted by Gasteiger charge is 2.33. The van der Waals surface area contributed by atoms with Crippen LogP contribution in [0.15, 0.2) is 54.6 Å². The van der Waals surface area contributed by atoms with E-state index in [2.05, 4.69) is 87.1 Å². The van der Waals surface area contributed by atoms with Crippen molar-refractivity contribution in [3.05, 3.63) is 76.9 Å². The van der Waals surface area contributed by atoms with Gasteiger partial charge in [0.1, 0.15) is 16.8 Å². The lowest BCUT2D eigenvalue weighted by Crippen LogP contribution is -3.00. The van der Waals surface area contributed by atoms with E-state index in [1.54, 1.807) is 5.56 Å². The van der Waals surface area contributed by atoms with E-state index in [1.807, 2.05) is 13.0 Å². The van der Waals surface area contributed by atoms with Crippen molar-refractivity contribution in [3.8, 4) is 0 Å². The van der Waals surface area contributed by atoms with Crippen molar-refractivity contribution in [3.63, 3.8) is 0 Å². The lowest BCUT2D eigenvalue weighted by atomic mass is 10.1. The number of benzene rings is 2. The van der Waals surface area contributed by atoms with Crippen molar-refractivity contribution in [2.24, 2.45) is 0 Å².